The molecule has 2 unspecified atom stereocenters. The number of carbonyl (C=O) groups excluding carboxylic acids is 2. The van der Waals surface area contributed by atoms with Gasteiger partial charge in [0.25, 0.3) is 0 Å². The molecule has 0 bridgehead atoms. The van der Waals surface area contributed by atoms with Crippen LogP contribution in [0.3, 0.4) is 0 Å². The summed E-state index contributed by atoms with van der Waals surface area (Å²) in [7, 11) is -1.44. The lowest BCUT2D eigenvalue weighted by Gasteiger charge is -2.34. The van der Waals surface area contributed by atoms with E-state index < -0.39 is 34.5 Å². The van der Waals surface area contributed by atoms with Gasteiger partial charge in [-0.3, -0.25) is 9.59 Å². The van der Waals surface area contributed by atoms with Gasteiger partial charge in [0.15, 0.2) is 0 Å². The van der Waals surface area contributed by atoms with E-state index in [0.29, 0.717) is 23.4 Å². The summed E-state index contributed by atoms with van der Waals surface area (Å²) in [6.45, 7) is 4.99. The van der Waals surface area contributed by atoms with E-state index in [4.69, 9.17) is 11.6 Å². The first-order valence-electron chi connectivity index (χ1n) is 11.7. The number of amides is 2. The predicted molar refractivity (Wildman–Crippen MR) is 140 cm³/mol. The fourth-order valence-electron chi connectivity index (χ4n) is 3.49. The van der Waals surface area contributed by atoms with Crippen LogP contribution in [0.5, 0.6) is 0 Å². The Hall–Kier alpha value is -2.69. The molecule has 2 aromatic carbocycles. The average molecular weight is 541 g/mol. The van der Waals surface area contributed by atoms with Gasteiger partial charge < -0.3 is 10.2 Å². The smallest absolute Gasteiger partial charge is 0.304 e. The zero-order valence-electron chi connectivity index (χ0n) is 21.2. The second-order valence-corrected chi connectivity index (χ2v) is 11.1. The summed E-state index contributed by atoms with van der Waals surface area (Å²) in [5, 5.41) is 3.33. The third-order valence-corrected chi connectivity index (χ3v) is 8.01. The zero-order valence-corrected chi connectivity index (χ0v) is 22.8. The van der Waals surface area contributed by atoms with Crippen molar-refractivity contribution in [1.82, 2.24) is 14.5 Å². The van der Waals surface area contributed by atoms with E-state index in [-0.39, 0.29) is 24.2 Å². The van der Waals surface area contributed by atoms with Crippen LogP contribution in [0, 0.1) is 5.82 Å². The lowest BCUT2D eigenvalue weighted by atomic mass is 10.1. The molecule has 0 fully saturated rings. The highest BCUT2D eigenvalue weighted by Gasteiger charge is 2.34. The molecule has 2 atom stereocenters. The number of hydrogen-bond acceptors (Lipinski definition) is 4. The molecule has 2 aromatic rings. The average Bonchev–Trinajstić information content (AvgIpc) is 2.83. The van der Waals surface area contributed by atoms with Crippen LogP contribution in [-0.2, 0) is 26.3 Å². The van der Waals surface area contributed by atoms with Gasteiger partial charge in [-0.2, -0.15) is 12.7 Å². The van der Waals surface area contributed by atoms with E-state index in [1.807, 2.05) is 13.8 Å². The molecule has 0 saturated carbocycles. The molecule has 0 aromatic heterocycles. The van der Waals surface area contributed by atoms with E-state index in [1.165, 1.54) is 31.1 Å². The first kappa shape index (κ1) is 29.5. The van der Waals surface area contributed by atoms with Gasteiger partial charge in [0.1, 0.15) is 18.4 Å². The SMILES string of the molecule is CCC(C)NC(=O)C(CC)N(Cc1ccccc1Cl)C(=O)CN(c1ccc(F)cc1)S(=O)(=O)N(C)C. The molecule has 1 N–H and O–H groups in total. The number of nitrogens with one attached hydrogen (secondary N) is 1. The quantitative estimate of drug-likeness (QED) is 0.443. The van der Waals surface area contributed by atoms with Crippen molar-refractivity contribution in [3.8, 4) is 0 Å². The van der Waals surface area contributed by atoms with Crippen molar-refractivity contribution in [3.63, 3.8) is 0 Å². The minimum absolute atomic E-state index is 0.00418. The fourth-order valence-corrected chi connectivity index (χ4v) is 4.75. The summed E-state index contributed by atoms with van der Waals surface area (Å²) in [5.41, 5.74) is 0.736. The summed E-state index contributed by atoms with van der Waals surface area (Å²) >= 11 is 6.35. The van der Waals surface area contributed by atoms with Crippen LogP contribution in [0.1, 0.15) is 39.2 Å². The van der Waals surface area contributed by atoms with E-state index >= 15 is 0 Å². The van der Waals surface area contributed by atoms with E-state index in [9.17, 15) is 22.4 Å². The molecule has 198 valence electrons. The van der Waals surface area contributed by atoms with Crippen LogP contribution >= 0.6 is 11.6 Å². The maximum absolute atomic E-state index is 13.7. The van der Waals surface area contributed by atoms with Gasteiger partial charge in [-0.25, -0.2) is 8.70 Å². The zero-order chi connectivity index (χ0) is 27.0. The minimum atomic E-state index is -4.12. The van der Waals surface area contributed by atoms with Crippen LogP contribution in [0.2, 0.25) is 5.02 Å². The predicted octanol–water partition coefficient (Wildman–Crippen LogP) is 3.81. The summed E-state index contributed by atoms with van der Waals surface area (Å²) in [6, 6.07) is 10.8. The number of hydrogen-bond donors (Lipinski definition) is 1. The molecule has 0 aliphatic heterocycles. The van der Waals surface area contributed by atoms with Crippen molar-refractivity contribution in [3.05, 3.63) is 64.9 Å². The Labute approximate surface area is 218 Å². The second-order valence-electron chi connectivity index (χ2n) is 8.63. The summed E-state index contributed by atoms with van der Waals surface area (Å²) < 4.78 is 41.7. The van der Waals surface area contributed by atoms with Crippen molar-refractivity contribution in [2.45, 2.75) is 52.2 Å². The molecule has 2 rings (SSSR count). The minimum Gasteiger partial charge on any atom is -0.352 e. The van der Waals surface area contributed by atoms with E-state index in [2.05, 4.69) is 5.32 Å². The molecule has 0 saturated heterocycles. The molecule has 2 amide bonds. The van der Waals surface area contributed by atoms with E-state index in [1.54, 1.807) is 31.2 Å². The second kappa shape index (κ2) is 13.0. The lowest BCUT2D eigenvalue weighted by molar-refractivity contribution is -0.140. The number of benzene rings is 2. The Kier molecular flexibility index (Phi) is 10.7. The van der Waals surface area contributed by atoms with Gasteiger partial charge in [-0.1, -0.05) is 43.6 Å². The monoisotopic (exact) mass is 540 g/mol. The van der Waals surface area contributed by atoms with Crippen molar-refractivity contribution >= 4 is 39.3 Å². The number of carbonyl (C=O) groups is 2. The summed E-state index contributed by atoms with van der Waals surface area (Å²) in [6.07, 6.45) is 1.01. The Morgan fingerprint density at radius 1 is 1.03 bits per heavy atom. The Bertz CT molecular complexity index is 1150. The van der Waals surface area contributed by atoms with Crippen molar-refractivity contribution in [2.24, 2.45) is 0 Å². The molecule has 0 aliphatic rings. The van der Waals surface area contributed by atoms with Crippen molar-refractivity contribution in [1.29, 1.82) is 0 Å². The highest BCUT2D eigenvalue weighted by molar-refractivity contribution is 7.90. The van der Waals surface area contributed by atoms with Gasteiger partial charge in [0.2, 0.25) is 11.8 Å². The highest BCUT2D eigenvalue weighted by Crippen LogP contribution is 2.23. The molecular weight excluding hydrogens is 507 g/mol. The molecular formula is C25H34ClFN4O4S. The maximum atomic E-state index is 13.7. The first-order valence-corrected chi connectivity index (χ1v) is 13.5. The normalized spacial score (nSPS) is 13.2. The Balaban J connectivity index is 2.51. The summed E-state index contributed by atoms with van der Waals surface area (Å²) in [4.78, 5) is 28.2. The van der Waals surface area contributed by atoms with Crippen molar-refractivity contribution in [2.75, 3.05) is 24.9 Å². The van der Waals surface area contributed by atoms with Crippen molar-refractivity contribution < 1.29 is 22.4 Å². The highest BCUT2D eigenvalue weighted by atomic mass is 35.5. The van der Waals surface area contributed by atoms with Crippen LogP contribution in [0.15, 0.2) is 48.5 Å². The largest absolute Gasteiger partial charge is 0.352 e. The number of anilines is 1. The first-order chi connectivity index (χ1) is 16.9. The topological polar surface area (TPSA) is 90.0 Å². The number of halogens is 2. The molecule has 0 aliphatic carbocycles. The van der Waals surface area contributed by atoms with E-state index in [0.717, 1.165) is 20.7 Å². The van der Waals surface area contributed by atoms with Crippen LogP contribution < -0.4 is 9.62 Å². The standard InChI is InChI=1S/C25H34ClFN4O4S/c1-6-18(3)28-25(33)23(7-2)30(16-19-10-8-9-11-22(19)26)24(32)17-31(36(34,35)29(4)5)21-14-12-20(27)13-15-21/h8-15,18,23H,6-7,16-17H2,1-5H3,(H,28,33). The molecule has 0 spiro atoms. The van der Waals surface area contributed by atoms with Crippen LogP contribution in [0.25, 0.3) is 0 Å². The molecule has 8 nitrogen and oxygen atoms in total. The van der Waals surface area contributed by atoms with Crippen LogP contribution in [-0.4, -0.2) is 62.2 Å². The molecule has 0 heterocycles. The molecule has 36 heavy (non-hydrogen) atoms. The lowest BCUT2D eigenvalue weighted by Crippen LogP contribution is -2.54. The third-order valence-electron chi connectivity index (χ3n) is 5.82. The molecule has 11 heteroatoms. The van der Waals surface area contributed by atoms with Gasteiger partial charge in [0.05, 0.1) is 5.69 Å². The Morgan fingerprint density at radius 3 is 2.17 bits per heavy atom. The fraction of sp³-hybridized carbons (Fsp3) is 0.440. The van der Waals surface area contributed by atoms with Gasteiger partial charge in [0, 0.05) is 31.7 Å². The van der Waals surface area contributed by atoms with Gasteiger partial charge >= 0.3 is 10.2 Å². The number of rotatable bonds is 12. The van der Waals surface area contributed by atoms with Crippen LogP contribution in [0.4, 0.5) is 10.1 Å². The number of nitrogens with zero attached hydrogens (tertiary/aromatic N) is 3. The molecule has 0 radical (unpaired) electrons. The van der Waals surface area contributed by atoms with Gasteiger partial charge in [-0.15, -0.1) is 0 Å². The maximum Gasteiger partial charge on any atom is 0.304 e. The summed E-state index contributed by atoms with van der Waals surface area (Å²) in [5.74, 6) is -1.48. The Morgan fingerprint density at radius 2 is 1.64 bits per heavy atom. The third kappa shape index (κ3) is 7.41. The van der Waals surface area contributed by atoms with Gasteiger partial charge in [-0.05, 0) is 55.7 Å².